The van der Waals surface area contributed by atoms with Gasteiger partial charge in [0.2, 0.25) is 0 Å². The molecule has 2 unspecified atom stereocenters. The topological polar surface area (TPSA) is 24.5 Å². The van der Waals surface area contributed by atoms with Crippen molar-refractivity contribution in [2.75, 3.05) is 31.1 Å². The van der Waals surface area contributed by atoms with Crippen LogP contribution in [0.25, 0.3) is 0 Å². The number of ether oxygens (including phenoxy) is 1. The lowest BCUT2D eigenvalue weighted by Gasteiger charge is -2.30. The molecule has 1 aliphatic heterocycles. The minimum absolute atomic E-state index is 0.400. The minimum Gasteiger partial charge on any atom is -0.376 e. The van der Waals surface area contributed by atoms with Crippen molar-refractivity contribution < 1.29 is 4.74 Å². The molecule has 3 nitrogen and oxygen atoms in total. The van der Waals surface area contributed by atoms with Crippen molar-refractivity contribution in [1.82, 2.24) is 5.32 Å². The van der Waals surface area contributed by atoms with Gasteiger partial charge in [-0.15, -0.1) is 0 Å². The average Bonchev–Trinajstić information content (AvgIpc) is 3.03. The first-order chi connectivity index (χ1) is 10.3. The number of likely N-dealkylation sites (N-methyl/N-ethyl adjacent to an activating group) is 1. The first-order valence-corrected chi connectivity index (χ1v) is 8.48. The highest BCUT2D eigenvalue weighted by Gasteiger charge is 2.21. The lowest BCUT2D eigenvalue weighted by atomic mass is 10.0. The van der Waals surface area contributed by atoms with Crippen LogP contribution in [-0.2, 0) is 4.74 Å². The zero-order valence-electron chi connectivity index (χ0n) is 13.8. The molecule has 1 aromatic carbocycles. The van der Waals surface area contributed by atoms with Crippen LogP contribution in [0.5, 0.6) is 0 Å². The number of hydrogen-bond donors (Lipinski definition) is 1. The zero-order valence-corrected chi connectivity index (χ0v) is 13.8. The molecule has 1 aliphatic rings. The number of rotatable bonds is 8. The number of para-hydroxylation sites is 1. The van der Waals surface area contributed by atoms with Gasteiger partial charge in [-0.1, -0.05) is 32.0 Å². The molecule has 1 saturated heterocycles. The monoisotopic (exact) mass is 290 g/mol. The van der Waals surface area contributed by atoms with Crippen molar-refractivity contribution in [3.8, 4) is 0 Å². The summed E-state index contributed by atoms with van der Waals surface area (Å²) in [6.45, 7) is 10.6. The Labute approximate surface area is 129 Å². The van der Waals surface area contributed by atoms with Crippen molar-refractivity contribution in [3.05, 3.63) is 29.8 Å². The Morgan fingerprint density at radius 1 is 1.29 bits per heavy atom. The van der Waals surface area contributed by atoms with Crippen LogP contribution in [0.3, 0.4) is 0 Å². The van der Waals surface area contributed by atoms with Crippen LogP contribution < -0.4 is 10.2 Å². The third-order valence-electron chi connectivity index (χ3n) is 4.34. The van der Waals surface area contributed by atoms with Gasteiger partial charge >= 0.3 is 0 Å². The van der Waals surface area contributed by atoms with E-state index in [-0.39, 0.29) is 0 Å². The molecular weight excluding hydrogens is 260 g/mol. The Morgan fingerprint density at radius 2 is 2.10 bits per heavy atom. The van der Waals surface area contributed by atoms with Crippen LogP contribution in [0.15, 0.2) is 24.3 Å². The summed E-state index contributed by atoms with van der Waals surface area (Å²) < 4.78 is 5.82. The molecule has 0 aromatic heterocycles. The van der Waals surface area contributed by atoms with Gasteiger partial charge < -0.3 is 15.0 Å². The normalized spacial score (nSPS) is 19.7. The van der Waals surface area contributed by atoms with Gasteiger partial charge in [-0.2, -0.15) is 0 Å². The van der Waals surface area contributed by atoms with E-state index in [1.54, 1.807) is 0 Å². The first-order valence-electron chi connectivity index (χ1n) is 8.48. The molecule has 0 spiro atoms. The van der Waals surface area contributed by atoms with Gasteiger partial charge in [-0.05, 0) is 44.4 Å². The minimum atomic E-state index is 0.400. The smallest absolute Gasteiger partial charge is 0.0750 e. The van der Waals surface area contributed by atoms with E-state index in [1.807, 2.05) is 0 Å². The van der Waals surface area contributed by atoms with Crippen molar-refractivity contribution in [3.63, 3.8) is 0 Å². The molecule has 0 aliphatic carbocycles. The van der Waals surface area contributed by atoms with E-state index in [1.165, 1.54) is 24.1 Å². The van der Waals surface area contributed by atoms with Crippen molar-refractivity contribution >= 4 is 5.69 Å². The van der Waals surface area contributed by atoms with Crippen LogP contribution in [0.4, 0.5) is 5.69 Å². The molecule has 3 heteroatoms. The molecule has 0 saturated carbocycles. The Hall–Kier alpha value is -1.06. The molecule has 0 amide bonds. The number of nitrogens with zero attached hydrogens (tertiary/aromatic N) is 1. The Bertz CT molecular complexity index is 415. The second kappa shape index (κ2) is 8.40. The van der Waals surface area contributed by atoms with Crippen LogP contribution in [0, 0.1) is 0 Å². The third-order valence-corrected chi connectivity index (χ3v) is 4.34. The van der Waals surface area contributed by atoms with Gasteiger partial charge in [0.15, 0.2) is 0 Å². The third kappa shape index (κ3) is 4.21. The van der Waals surface area contributed by atoms with Gasteiger partial charge in [0, 0.05) is 31.4 Å². The maximum Gasteiger partial charge on any atom is 0.0750 e. The summed E-state index contributed by atoms with van der Waals surface area (Å²) in [6, 6.07) is 9.26. The average molecular weight is 290 g/mol. The predicted molar refractivity (Wildman–Crippen MR) is 90.0 cm³/mol. The molecule has 1 N–H and O–H groups in total. The molecule has 118 valence electrons. The SMILES string of the molecule is CCNC(CC)c1ccccc1N(CC)CC1CCCO1. The summed E-state index contributed by atoms with van der Waals surface area (Å²) in [4.78, 5) is 2.48. The molecule has 2 rings (SSSR count). The van der Waals surface area contributed by atoms with Gasteiger partial charge in [-0.25, -0.2) is 0 Å². The summed E-state index contributed by atoms with van der Waals surface area (Å²) in [6.07, 6.45) is 3.92. The molecule has 21 heavy (non-hydrogen) atoms. The van der Waals surface area contributed by atoms with E-state index >= 15 is 0 Å². The highest BCUT2D eigenvalue weighted by molar-refractivity contribution is 5.55. The Balaban J connectivity index is 2.19. The maximum atomic E-state index is 5.82. The van der Waals surface area contributed by atoms with E-state index in [0.29, 0.717) is 12.1 Å². The molecule has 1 heterocycles. The van der Waals surface area contributed by atoms with E-state index in [4.69, 9.17) is 4.74 Å². The van der Waals surface area contributed by atoms with E-state index in [0.717, 1.165) is 32.7 Å². The van der Waals surface area contributed by atoms with Crippen LogP contribution >= 0.6 is 0 Å². The lowest BCUT2D eigenvalue weighted by Crippen LogP contribution is -2.33. The number of anilines is 1. The fourth-order valence-corrected chi connectivity index (χ4v) is 3.22. The Kier molecular flexibility index (Phi) is 6.52. The van der Waals surface area contributed by atoms with Crippen molar-refractivity contribution in [1.29, 1.82) is 0 Å². The van der Waals surface area contributed by atoms with Crippen LogP contribution in [-0.4, -0.2) is 32.3 Å². The fourth-order valence-electron chi connectivity index (χ4n) is 3.22. The highest BCUT2D eigenvalue weighted by Crippen LogP contribution is 2.29. The molecular formula is C18H30N2O. The van der Waals surface area contributed by atoms with E-state index < -0.39 is 0 Å². The van der Waals surface area contributed by atoms with Gasteiger partial charge in [-0.3, -0.25) is 0 Å². The van der Waals surface area contributed by atoms with Crippen LogP contribution in [0.2, 0.25) is 0 Å². The second-order valence-corrected chi connectivity index (χ2v) is 5.75. The molecule has 0 bridgehead atoms. The van der Waals surface area contributed by atoms with Gasteiger partial charge in [0.25, 0.3) is 0 Å². The number of nitrogens with one attached hydrogen (secondary N) is 1. The van der Waals surface area contributed by atoms with Crippen molar-refractivity contribution in [2.24, 2.45) is 0 Å². The molecule has 0 radical (unpaired) electrons. The van der Waals surface area contributed by atoms with Crippen LogP contribution in [0.1, 0.15) is 51.6 Å². The second-order valence-electron chi connectivity index (χ2n) is 5.75. The summed E-state index contributed by atoms with van der Waals surface area (Å²) in [5.74, 6) is 0. The quantitative estimate of drug-likeness (QED) is 0.789. The Morgan fingerprint density at radius 3 is 2.71 bits per heavy atom. The molecule has 1 aromatic rings. The lowest BCUT2D eigenvalue weighted by molar-refractivity contribution is 0.115. The standard InChI is InChI=1S/C18H30N2O/c1-4-17(19-5-2)16-11-7-8-12-18(16)20(6-3)14-15-10-9-13-21-15/h7-8,11-12,15,17,19H,4-6,9-10,13-14H2,1-3H3. The van der Waals surface area contributed by atoms with Gasteiger partial charge in [0.1, 0.15) is 0 Å². The molecule has 1 fully saturated rings. The molecule has 2 atom stereocenters. The number of benzene rings is 1. The summed E-state index contributed by atoms with van der Waals surface area (Å²) >= 11 is 0. The fraction of sp³-hybridized carbons (Fsp3) is 0.667. The predicted octanol–water partition coefficient (Wildman–Crippen LogP) is 3.75. The van der Waals surface area contributed by atoms with E-state index in [9.17, 15) is 0 Å². The highest BCUT2D eigenvalue weighted by atomic mass is 16.5. The number of hydrogen-bond acceptors (Lipinski definition) is 3. The summed E-state index contributed by atoms with van der Waals surface area (Å²) in [5, 5.41) is 3.60. The maximum absolute atomic E-state index is 5.82. The largest absolute Gasteiger partial charge is 0.376 e. The first kappa shape index (κ1) is 16.3. The van der Waals surface area contributed by atoms with Crippen molar-refractivity contribution in [2.45, 2.75) is 52.2 Å². The van der Waals surface area contributed by atoms with E-state index in [2.05, 4.69) is 55.3 Å². The zero-order chi connectivity index (χ0) is 15.1. The summed E-state index contributed by atoms with van der Waals surface area (Å²) in [5.41, 5.74) is 2.78. The van der Waals surface area contributed by atoms with Gasteiger partial charge in [0.05, 0.1) is 6.10 Å². The summed E-state index contributed by atoms with van der Waals surface area (Å²) in [7, 11) is 0.